The molecule has 1 aromatic heterocycles. The highest BCUT2D eigenvalue weighted by Gasteiger charge is 2.19. The maximum absolute atomic E-state index is 11.1. The molecule has 0 N–H and O–H groups in total. The van der Waals surface area contributed by atoms with Gasteiger partial charge < -0.3 is 9.94 Å². The van der Waals surface area contributed by atoms with Crippen LogP contribution in [0.5, 0.6) is 5.88 Å². The normalized spacial score (nSPS) is 16.6. The first-order chi connectivity index (χ1) is 6.36. The predicted octanol–water partition coefficient (Wildman–Crippen LogP) is 1.50. The number of pyridine rings is 1. The summed E-state index contributed by atoms with van der Waals surface area (Å²) in [5.41, 5.74) is 0. The number of nitrogens with zero attached hydrogens (tertiary/aromatic N) is 1. The van der Waals surface area contributed by atoms with Crippen molar-refractivity contribution in [2.45, 2.75) is 19.3 Å². The van der Waals surface area contributed by atoms with Crippen LogP contribution in [0.25, 0.3) is 0 Å². The van der Waals surface area contributed by atoms with Crippen molar-refractivity contribution in [1.29, 1.82) is 0 Å². The third kappa shape index (κ3) is 1.91. The van der Waals surface area contributed by atoms with Crippen LogP contribution in [-0.4, -0.2) is 6.61 Å². The van der Waals surface area contributed by atoms with Gasteiger partial charge in [-0.15, -0.1) is 4.73 Å². The molecule has 3 nitrogen and oxygen atoms in total. The van der Waals surface area contributed by atoms with Gasteiger partial charge in [0, 0.05) is 6.07 Å². The van der Waals surface area contributed by atoms with E-state index in [9.17, 15) is 5.21 Å². The van der Waals surface area contributed by atoms with Gasteiger partial charge in [-0.2, -0.15) is 0 Å². The second-order valence-electron chi connectivity index (χ2n) is 3.47. The molecule has 0 amide bonds. The molecular weight excluding hydrogens is 166 g/mol. The summed E-state index contributed by atoms with van der Waals surface area (Å²) in [5.74, 6) is 1.08. The summed E-state index contributed by atoms with van der Waals surface area (Å²) in [6.07, 6.45) is 5.24. The van der Waals surface area contributed by atoms with Gasteiger partial charge in [-0.25, -0.2) is 0 Å². The van der Waals surface area contributed by atoms with Crippen molar-refractivity contribution in [2.75, 3.05) is 6.61 Å². The maximum atomic E-state index is 11.1. The Kier molecular flexibility index (Phi) is 2.34. The predicted molar refractivity (Wildman–Crippen MR) is 48.2 cm³/mol. The van der Waals surface area contributed by atoms with E-state index >= 15 is 0 Å². The molecule has 1 heterocycles. The Morgan fingerprint density at radius 1 is 1.46 bits per heavy atom. The average molecular weight is 179 g/mol. The highest BCUT2D eigenvalue weighted by atomic mass is 16.5. The summed E-state index contributed by atoms with van der Waals surface area (Å²) in [7, 11) is 0. The first kappa shape index (κ1) is 8.35. The fourth-order valence-electron chi connectivity index (χ4n) is 1.39. The summed E-state index contributed by atoms with van der Waals surface area (Å²) in [5, 5.41) is 11.1. The van der Waals surface area contributed by atoms with E-state index in [1.54, 1.807) is 12.1 Å². The Morgan fingerprint density at radius 2 is 2.31 bits per heavy atom. The van der Waals surface area contributed by atoms with Crippen LogP contribution in [0.3, 0.4) is 0 Å². The number of hydrogen-bond donors (Lipinski definition) is 0. The van der Waals surface area contributed by atoms with Crippen LogP contribution in [0.2, 0.25) is 0 Å². The Bertz CT molecular complexity index is 284. The summed E-state index contributed by atoms with van der Waals surface area (Å²) in [6, 6.07) is 5.21. The van der Waals surface area contributed by atoms with Crippen molar-refractivity contribution in [2.24, 2.45) is 5.92 Å². The third-order valence-corrected chi connectivity index (χ3v) is 2.48. The molecule has 0 spiro atoms. The average Bonchev–Trinajstić information content (AvgIpc) is 2.05. The molecule has 1 aliphatic carbocycles. The van der Waals surface area contributed by atoms with E-state index in [-0.39, 0.29) is 0 Å². The molecule has 70 valence electrons. The van der Waals surface area contributed by atoms with Gasteiger partial charge in [0.15, 0.2) is 6.20 Å². The molecule has 0 aliphatic heterocycles. The van der Waals surface area contributed by atoms with Gasteiger partial charge in [-0.1, -0.05) is 6.42 Å². The lowest BCUT2D eigenvalue weighted by atomic mass is 9.86. The quantitative estimate of drug-likeness (QED) is 0.520. The number of rotatable bonds is 3. The lowest BCUT2D eigenvalue weighted by Gasteiger charge is -2.24. The van der Waals surface area contributed by atoms with Gasteiger partial charge in [0.25, 0.3) is 0 Å². The van der Waals surface area contributed by atoms with Crippen molar-refractivity contribution >= 4 is 0 Å². The zero-order chi connectivity index (χ0) is 9.10. The smallest absolute Gasteiger partial charge is 0.379 e. The van der Waals surface area contributed by atoms with Crippen LogP contribution in [0.4, 0.5) is 0 Å². The molecule has 3 heteroatoms. The summed E-state index contributed by atoms with van der Waals surface area (Å²) < 4.78 is 6.15. The maximum Gasteiger partial charge on any atom is 0.379 e. The van der Waals surface area contributed by atoms with E-state index in [0.717, 1.165) is 4.73 Å². The minimum atomic E-state index is 0.411. The van der Waals surface area contributed by atoms with E-state index in [2.05, 4.69) is 0 Å². The third-order valence-electron chi connectivity index (χ3n) is 2.48. The van der Waals surface area contributed by atoms with Gasteiger partial charge in [0.05, 0.1) is 12.7 Å². The highest BCUT2D eigenvalue weighted by molar-refractivity contribution is 5.02. The molecule has 1 aliphatic rings. The fraction of sp³-hybridized carbons (Fsp3) is 0.500. The van der Waals surface area contributed by atoms with Gasteiger partial charge >= 0.3 is 5.88 Å². The van der Waals surface area contributed by atoms with Crippen LogP contribution in [0.15, 0.2) is 24.4 Å². The fourth-order valence-corrected chi connectivity index (χ4v) is 1.39. The Hall–Kier alpha value is -1.25. The Balaban J connectivity index is 1.89. The largest absolute Gasteiger partial charge is 0.616 e. The van der Waals surface area contributed by atoms with Gasteiger partial charge in [0.2, 0.25) is 0 Å². The molecule has 1 fully saturated rings. The summed E-state index contributed by atoms with van der Waals surface area (Å²) in [6.45, 7) is 0.687. The topological polar surface area (TPSA) is 36.2 Å². The minimum Gasteiger partial charge on any atom is -0.616 e. The Labute approximate surface area is 77.5 Å². The van der Waals surface area contributed by atoms with Crippen LogP contribution < -0.4 is 9.47 Å². The zero-order valence-corrected chi connectivity index (χ0v) is 7.48. The SMILES string of the molecule is [O-][n+]1ccccc1OCC1CCC1. The first-order valence-electron chi connectivity index (χ1n) is 4.67. The number of aromatic nitrogens is 1. The summed E-state index contributed by atoms with van der Waals surface area (Å²) >= 11 is 0. The van der Waals surface area contributed by atoms with E-state index in [1.165, 1.54) is 25.5 Å². The molecule has 2 rings (SSSR count). The van der Waals surface area contributed by atoms with Crippen LogP contribution in [-0.2, 0) is 0 Å². The number of ether oxygens (including phenoxy) is 1. The van der Waals surface area contributed by atoms with Crippen LogP contribution in [0, 0.1) is 11.1 Å². The monoisotopic (exact) mass is 179 g/mol. The van der Waals surface area contributed by atoms with Crippen molar-refractivity contribution in [1.82, 2.24) is 0 Å². The second-order valence-corrected chi connectivity index (χ2v) is 3.47. The summed E-state index contributed by atoms with van der Waals surface area (Å²) in [4.78, 5) is 0. The molecule has 0 radical (unpaired) electrons. The minimum absolute atomic E-state index is 0.411. The van der Waals surface area contributed by atoms with Crippen molar-refractivity contribution in [3.05, 3.63) is 29.6 Å². The second kappa shape index (κ2) is 3.64. The van der Waals surface area contributed by atoms with E-state index in [4.69, 9.17) is 4.74 Å². The van der Waals surface area contributed by atoms with Gasteiger partial charge in [-0.3, -0.25) is 0 Å². The van der Waals surface area contributed by atoms with Crippen LogP contribution in [0.1, 0.15) is 19.3 Å². The molecule has 0 unspecified atom stereocenters. The first-order valence-corrected chi connectivity index (χ1v) is 4.67. The highest BCUT2D eigenvalue weighted by Crippen LogP contribution is 2.26. The van der Waals surface area contributed by atoms with Gasteiger partial charge in [0.1, 0.15) is 0 Å². The molecular formula is C10H13NO2. The molecule has 0 atom stereocenters. The molecule has 0 saturated heterocycles. The van der Waals surface area contributed by atoms with Crippen molar-refractivity contribution in [3.8, 4) is 5.88 Å². The van der Waals surface area contributed by atoms with Crippen molar-refractivity contribution < 1.29 is 9.47 Å². The van der Waals surface area contributed by atoms with E-state index in [0.29, 0.717) is 18.4 Å². The zero-order valence-electron chi connectivity index (χ0n) is 7.48. The molecule has 1 saturated carbocycles. The molecule has 13 heavy (non-hydrogen) atoms. The van der Waals surface area contributed by atoms with Crippen molar-refractivity contribution in [3.63, 3.8) is 0 Å². The van der Waals surface area contributed by atoms with Crippen LogP contribution >= 0.6 is 0 Å². The van der Waals surface area contributed by atoms with E-state index < -0.39 is 0 Å². The lowest BCUT2D eigenvalue weighted by Crippen LogP contribution is -2.30. The number of hydrogen-bond acceptors (Lipinski definition) is 2. The van der Waals surface area contributed by atoms with Gasteiger partial charge in [-0.05, 0) is 24.8 Å². The molecule has 0 aromatic carbocycles. The lowest BCUT2D eigenvalue weighted by molar-refractivity contribution is -0.613. The Morgan fingerprint density at radius 3 is 2.92 bits per heavy atom. The van der Waals surface area contributed by atoms with E-state index in [1.807, 2.05) is 6.07 Å². The molecule has 1 aromatic rings. The standard InChI is InChI=1S/C10H13NO2/c12-11-7-2-1-6-10(11)13-8-9-4-3-5-9/h1-2,6-7,9H,3-5,8H2. The molecule has 0 bridgehead atoms.